The van der Waals surface area contributed by atoms with Gasteiger partial charge in [-0.25, -0.2) is 0 Å². The lowest BCUT2D eigenvalue weighted by atomic mass is 9.92. The van der Waals surface area contributed by atoms with E-state index in [2.05, 4.69) is 24.0 Å². The van der Waals surface area contributed by atoms with Crippen molar-refractivity contribution < 1.29 is 14.6 Å². The fourth-order valence-electron chi connectivity index (χ4n) is 3.43. The Morgan fingerprint density at radius 1 is 1.30 bits per heavy atom. The average molecular weight is 319 g/mol. The van der Waals surface area contributed by atoms with Crippen molar-refractivity contribution in [3.05, 3.63) is 29.8 Å². The van der Waals surface area contributed by atoms with E-state index in [1.807, 2.05) is 19.1 Å². The van der Waals surface area contributed by atoms with Gasteiger partial charge in [-0.1, -0.05) is 38.0 Å². The van der Waals surface area contributed by atoms with E-state index in [1.54, 1.807) is 0 Å². The molecule has 0 bridgehead atoms. The number of hydrogen-bond acceptors (Lipinski definition) is 3. The number of hydrogen-bond donors (Lipinski definition) is 1. The van der Waals surface area contributed by atoms with Gasteiger partial charge in [-0.15, -0.1) is 0 Å². The number of benzene rings is 1. The summed E-state index contributed by atoms with van der Waals surface area (Å²) in [5.74, 6) is 0.140. The predicted octanol–water partition coefficient (Wildman–Crippen LogP) is 4.11. The van der Waals surface area contributed by atoms with Crippen LogP contribution in [0.3, 0.4) is 0 Å². The molecule has 1 aliphatic heterocycles. The van der Waals surface area contributed by atoms with Gasteiger partial charge in [0.2, 0.25) is 0 Å². The second kappa shape index (κ2) is 8.92. The highest BCUT2D eigenvalue weighted by Crippen LogP contribution is 2.35. The molecule has 1 aromatic carbocycles. The number of carboxylic acids is 1. The first-order chi connectivity index (χ1) is 11.2. The Kier molecular flexibility index (Phi) is 6.90. The minimum absolute atomic E-state index is 0.180. The van der Waals surface area contributed by atoms with E-state index in [1.165, 1.54) is 18.4 Å². The molecule has 1 aliphatic rings. The summed E-state index contributed by atoms with van der Waals surface area (Å²) in [5, 5.41) is 9.20. The Morgan fingerprint density at radius 3 is 2.61 bits per heavy atom. The zero-order chi connectivity index (χ0) is 16.7. The molecule has 23 heavy (non-hydrogen) atoms. The van der Waals surface area contributed by atoms with Gasteiger partial charge in [0, 0.05) is 11.6 Å². The van der Waals surface area contributed by atoms with Gasteiger partial charge in [-0.2, -0.15) is 0 Å². The summed E-state index contributed by atoms with van der Waals surface area (Å²) < 4.78 is 5.83. The van der Waals surface area contributed by atoms with Crippen molar-refractivity contribution in [2.75, 3.05) is 19.7 Å². The van der Waals surface area contributed by atoms with Gasteiger partial charge in [-0.05, 0) is 45.3 Å². The number of ether oxygens (including phenoxy) is 1. The Hall–Kier alpha value is -1.55. The van der Waals surface area contributed by atoms with Crippen molar-refractivity contribution in [3.63, 3.8) is 0 Å². The van der Waals surface area contributed by atoms with Gasteiger partial charge in [0.25, 0.3) is 0 Å². The first-order valence-electron chi connectivity index (χ1n) is 8.85. The van der Waals surface area contributed by atoms with E-state index in [9.17, 15) is 9.90 Å². The summed E-state index contributed by atoms with van der Waals surface area (Å²) in [7, 11) is 0. The first kappa shape index (κ1) is 17.8. The van der Waals surface area contributed by atoms with Crippen molar-refractivity contribution in [2.45, 2.75) is 52.0 Å². The number of piperidine rings is 1. The van der Waals surface area contributed by atoms with Gasteiger partial charge in [0.05, 0.1) is 12.5 Å². The van der Waals surface area contributed by atoms with Gasteiger partial charge >= 0.3 is 5.97 Å². The van der Waals surface area contributed by atoms with Crippen LogP contribution in [0.15, 0.2) is 24.3 Å². The van der Waals surface area contributed by atoms with Gasteiger partial charge in [0.15, 0.2) is 0 Å². The Morgan fingerprint density at radius 2 is 2.00 bits per heavy atom. The second-order valence-electron chi connectivity index (χ2n) is 6.28. The van der Waals surface area contributed by atoms with Gasteiger partial charge in [0.1, 0.15) is 5.75 Å². The highest BCUT2D eigenvalue weighted by atomic mass is 16.5. The number of para-hydroxylation sites is 1. The van der Waals surface area contributed by atoms with E-state index in [0.717, 1.165) is 38.1 Å². The number of likely N-dealkylation sites (tertiary alicyclic amines) is 1. The van der Waals surface area contributed by atoms with E-state index < -0.39 is 5.97 Å². The molecule has 0 amide bonds. The molecule has 1 N–H and O–H groups in total. The maximum absolute atomic E-state index is 11.2. The molecule has 1 heterocycles. The number of carbonyl (C=O) groups is 1. The van der Waals surface area contributed by atoms with E-state index in [0.29, 0.717) is 12.6 Å². The minimum Gasteiger partial charge on any atom is -0.494 e. The highest BCUT2D eigenvalue weighted by Gasteiger charge is 2.30. The van der Waals surface area contributed by atoms with E-state index in [4.69, 9.17) is 4.74 Å². The van der Waals surface area contributed by atoms with Crippen molar-refractivity contribution in [1.29, 1.82) is 0 Å². The molecule has 0 radical (unpaired) electrons. The van der Waals surface area contributed by atoms with Crippen LogP contribution < -0.4 is 4.74 Å². The summed E-state index contributed by atoms with van der Waals surface area (Å²) in [4.78, 5) is 13.6. The van der Waals surface area contributed by atoms with Crippen LogP contribution in [-0.4, -0.2) is 35.7 Å². The summed E-state index contributed by atoms with van der Waals surface area (Å²) in [6.45, 7) is 6.59. The fraction of sp³-hybridized carbons (Fsp3) is 0.632. The van der Waals surface area contributed by atoms with Crippen LogP contribution in [0.2, 0.25) is 0 Å². The van der Waals surface area contributed by atoms with Crippen LogP contribution in [0.5, 0.6) is 5.75 Å². The van der Waals surface area contributed by atoms with E-state index >= 15 is 0 Å². The number of nitrogens with zero attached hydrogens (tertiary/aromatic N) is 1. The zero-order valence-electron chi connectivity index (χ0n) is 14.3. The van der Waals surface area contributed by atoms with Crippen LogP contribution in [0.1, 0.15) is 57.6 Å². The Bertz CT molecular complexity index is 495. The van der Waals surface area contributed by atoms with Crippen molar-refractivity contribution in [2.24, 2.45) is 5.92 Å². The number of carboxylic acid groups (broad SMARTS) is 1. The number of unbranched alkanes of at least 4 members (excludes halogenated alkanes) is 1. The van der Waals surface area contributed by atoms with Gasteiger partial charge < -0.3 is 9.84 Å². The Labute approximate surface area is 139 Å². The van der Waals surface area contributed by atoms with Crippen LogP contribution in [0.4, 0.5) is 0 Å². The molecule has 0 spiro atoms. The van der Waals surface area contributed by atoms with E-state index in [-0.39, 0.29) is 5.92 Å². The van der Waals surface area contributed by atoms with Crippen molar-refractivity contribution in [1.82, 2.24) is 4.90 Å². The maximum atomic E-state index is 11.2. The molecule has 1 saturated heterocycles. The number of aliphatic carboxylic acids is 1. The quantitative estimate of drug-likeness (QED) is 0.783. The standard InChI is InChI=1S/C19H29NO3/c1-3-5-9-17(16-8-6-7-10-18(16)23-4-2)20-13-11-15(12-14-20)19(21)22/h6-8,10,15,17H,3-5,9,11-14H2,1-2H3,(H,21,22). The van der Waals surface area contributed by atoms with Crippen LogP contribution in [-0.2, 0) is 4.79 Å². The molecule has 128 valence electrons. The molecule has 1 aromatic rings. The maximum Gasteiger partial charge on any atom is 0.306 e. The number of rotatable bonds is 8. The van der Waals surface area contributed by atoms with Crippen molar-refractivity contribution >= 4 is 5.97 Å². The molecule has 0 aliphatic carbocycles. The Balaban J connectivity index is 2.16. The van der Waals surface area contributed by atoms with Crippen LogP contribution in [0, 0.1) is 5.92 Å². The molecule has 0 saturated carbocycles. The molecule has 1 fully saturated rings. The molecule has 4 nitrogen and oxygen atoms in total. The zero-order valence-corrected chi connectivity index (χ0v) is 14.3. The summed E-state index contributed by atoms with van der Waals surface area (Å²) in [6.07, 6.45) is 4.92. The highest BCUT2D eigenvalue weighted by molar-refractivity contribution is 5.70. The largest absolute Gasteiger partial charge is 0.494 e. The minimum atomic E-state index is -0.649. The molecular formula is C19H29NO3. The topological polar surface area (TPSA) is 49.8 Å². The molecular weight excluding hydrogens is 290 g/mol. The summed E-state index contributed by atoms with van der Waals surface area (Å²) >= 11 is 0. The van der Waals surface area contributed by atoms with Crippen LogP contribution in [0.25, 0.3) is 0 Å². The average Bonchev–Trinajstić information content (AvgIpc) is 2.57. The molecule has 1 atom stereocenters. The lowest BCUT2D eigenvalue weighted by Crippen LogP contribution is -2.39. The predicted molar refractivity (Wildman–Crippen MR) is 91.8 cm³/mol. The van der Waals surface area contributed by atoms with Crippen molar-refractivity contribution in [3.8, 4) is 5.75 Å². The second-order valence-corrected chi connectivity index (χ2v) is 6.28. The third kappa shape index (κ3) is 4.71. The lowest BCUT2D eigenvalue weighted by molar-refractivity contribution is -0.143. The van der Waals surface area contributed by atoms with Crippen LogP contribution >= 0.6 is 0 Å². The SMILES string of the molecule is CCCCC(c1ccccc1OCC)N1CCC(C(=O)O)CC1. The molecule has 0 aromatic heterocycles. The lowest BCUT2D eigenvalue weighted by Gasteiger charge is -2.37. The first-order valence-corrected chi connectivity index (χ1v) is 8.85. The summed E-state index contributed by atoms with van der Waals surface area (Å²) in [5.41, 5.74) is 1.25. The summed E-state index contributed by atoms with van der Waals surface area (Å²) in [6, 6.07) is 8.62. The molecule has 4 heteroatoms. The smallest absolute Gasteiger partial charge is 0.306 e. The monoisotopic (exact) mass is 319 g/mol. The molecule has 1 unspecified atom stereocenters. The molecule has 2 rings (SSSR count). The fourth-order valence-corrected chi connectivity index (χ4v) is 3.43. The third-order valence-corrected chi connectivity index (χ3v) is 4.73. The van der Waals surface area contributed by atoms with Gasteiger partial charge in [-0.3, -0.25) is 9.69 Å². The normalized spacial score (nSPS) is 17.8. The third-order valence-electron chi connectivity index (χ3n) is 4.73.